The lowest BCUT2D eigenvalue weighted by molar-refractivity contribution is 1.05. The summed E-state index contributed by atoms with van der Waals surface area (Å²) in [4.78, 5) is 0. The minimum absolute atomic E-state index is 0.507. The van der Waals surface area contributed by atoms with Crippen LogP contribution in [0.4, 0.5) is 0 Å². The van der Waals surface area contributed by atoms with Crippen LogP contribution in [0.2, 0.25) is 0 Å². The van der Waals surface area contributed by atoms with Crippen LogP contribution < -0.4 is 0 Å². The molecule has 0 atom stereocenters. The van der Waals surface area contributed by atoms with Gasteiger partial charge in [0, 0.05) is 32.3 Å². The zero-order chi connectivity index (χ0) is 54.4. The first-order valence-electron chi connectivity index (χ1n) is 26.4. The average Bonchev–Trinajstić information content (AvgIpc) is 4.05. The standard InChI is InChI=1S/C44H24BrN5/c45-41-33(25-46)43(49-37-21-9-3-15-29(37)30-16-4-10-22-38(30)49)44(50-39-23-11-5-17-31(39)32-18-6-12-24-40(32)50)34(26-47)42(41)48-35-19-7-1-13-27(35)28-14-2-8-20-36(28)48/h1-24H/i1D,2D,3D,4D,5D,6D,7D,8D,9D,10D,11D,12D,13D,14D,15D,16D,17D,18D,19D,20D,21D,22D,23D,24D. The van der Waals surface area contributed by atoms with Crippen LogP contribution in [0.15, 0.2) is 149 Å². The molecule has 0 aliphatic heterocycles. The van der Waals surface area contributed by atoms with Crippen molar-refractivity contribution in [3.8, 4) is 29.2 Å². The number of benzene rings is 7. The van der Waals surface area contributed by atoms with Crippen LogP contribution in [0.5, 0.6) is 0 Å². The second kappa shape index (κ2) is 10.7. The van der Waals surface area contributed by atoms with Gasteiger partial charge in [0.15, 0.2) is 0 Å². The van der Waals surface area contributed by atoms with Crippen molar-refractivity contribution in [1.82, 2.24) is 13.7 Å². The van der Waals surface area contributed by atoms with Gasteiger partial charge < -0.3 is 13.7 Å². The molecule has 0 N–H and O–H groups in total. The van der Waals surface area contributed by atoms with Gasteiger partial charge in [-0.15, -0.1) is 0 Å². The van der Waals surface area contributed by atoms with Crippen LogP contribution in [0, 0.1) is 22.7 Å². The maximum absolute atomic E-state index is 11.9. The van der Waals surface area contributed by atoms with Crippen molar-refractivity contribution in [2.24, 2.45) is 0 Å². The fourth-order valence-electron chi connectivity index (χ4n) is 6.47. The number of nitriles is 2. The normalized spacial score (nSPS) is 18.4. The third kappa shape index (κ3) is 3.69. The van der Waals surface area contributed by atoms with E-state index in [-0.39, 0.29) is 0 Å². The number of halogens is 1. The molecule has 0 saturated heterocycles. The number of para-hydroxylation sites is 6. The van der Waals surface area contributed by atoms with Gasteiger partial charge >= 0.3 is 0 Å². The van der Waals surface area contributed by atoms with Crippen LogP contribution >= 0.6 is 15.9 Å². The molecule has 0 amide bonds. The van der Waals surface area contributed by atoms with Gasteiger partial charge in [-0.3, -0.25) is 0 Å². The van der Waals surface area contributed by atoms with E-state index in [4.69, 9.17) is 21.9 Å². The Morgan fingerprint density at radius 2 is 0.620 bits per heavy atom. The number of rotatable bonds is 3. The van der Waals surface area contributed by atoms with Crippen LogP contribution in [0.25, 0.3) is 82.5 Å². The number of hydrogen-bond acceptors (Lipinski definition) is 2. The Morgan fingerprint density at radius 3 is 0.900 bits per heavy atom. The van der Waals surface area contributed by atoms with Gasteiger partial charge in [-0.1, -0.05) is 109 Å². The van der Waals surface area contributed by atoms with E-state index in [1.807, 2.05) is 12.1 Å². The lowest BCUT2D eigenvalue weighted by Crippen LogP contribution is -2.13. The van der Waals surface area contributed by atoms with Crippen LogP contribution in [0.1, 0.15) is 44.0 Å². The first-order valence-corrected chi connectivity index (χ1v) is 15.2. The van der Waals surface area contributed by atoms with Gasteiger partial charge in [0.1, 0.15) is 17.7 Å². The predicted octanol–water partition coefficient (Wildman–Crippen LogP) is 11.5. The van der Waals surface area contributed by atoms with E-state index in [1.54, 1.807) is 0 Å². The quantitative estimate of drug-likeness (QED) is 0.182. The van der Waals surface area contributed by atoms with Crippen LogP contribution in [0.3, 0.4) is 0 Å². The van der Waals surface area contributed by atoms with Gasteiger partial charge in [-0.05, 0) is 52.2 Å². The highest BCUT2D eigenvalue weighted by Crippen LogP contribution is 2.47. The zero-order valence-corrected chi connectivity index (χ0v) is 26.2. The summed E-state index contributed by atoms with van der Waals surface area (Å²) in [6.45, 7) is 0. The number of fused-ring (bicyclic) bond motifs is 9. The number of aromatic nitrogens is 3. The maximum Gasteiger partial charge on any atom is 0.104 e. The minimum Gasteiger partial charge on any atom is -0.307 e. The molecule has 0 unspecified atom stereocenters. The van der Waals surface area contributed by atoms with Crippen molar-refractivity contribution in [1.29, 1.82) is 10.5 Å². The first kappa shape index (κ1) is 13.4. The molecular formula is C44H24BrN5. The smallest absolute Gasteiger partial charge is 0.104 e. The third-order valence-corrected chi connectivity index (χ3v) is 9.13. The summed E-state index contributed by atoms with van der Waals surface area (Å²) in [6, 6.07) is -17.6. The highest BCUT2D eigenvalue weighted by Gasteiger charge is 2.31. The molecule has 0 aliphatic rings. The van der Waals surface area contributed by atoms with Crippen LogP contribution in [-0.2, 0) is 0 Å². The van der Waals surface area contributed by atoms with Crippen LogP contribution in [-0.4, -0.2) is 13.7 Å². The second-order valence-corrected chi connectivity index (χ2v) is 11.5. The number of nitrogens with zero attached hydrogens (tertiary/aromatic N) is 5. The molecule has 0 spiro atoms. The average molecular weight is 727 g/mol. The van der Waals surface area contributed by atoms with E-state index in [0.29, 0.717) is 0 Å². The Bertz CT molecular complexity index is 4290. The molecule has 10 aromatic rings. The highest BCUT2D eigenvalue weighted by molar-refractivity contribution is 9.10. The summed E-state index contributed by atoms with van der Waals surface area (Å²) in [6.07, 6.45) is 0. The Hall–Kier alpha value is -6.60. The van der Waals surface area contributed by atoms with Gasteiger partial charge in [-0.2, -0.15) is 10.5 Å². The summed E-state index contributed by atoms with van der Waals surface area (Å²) in [5.74, 6) is 0. The van der Waals surface area contributed by atoms with Crippen molar-refractivity contribution in [3.05, 3.63) is 161 Å². The molecule has 10 rings (SSSR count). The molecule has 232 valence electrons. The molecule has 0 radical (unpaired) electrons. The van der Waals surface area contributed by atoms with E-state index in [2.05, 4.69) is 15.9 Å². The van der Waals surface area contributed by atoms with Crippen molar-refractivity contribution in [2.75, 3.05) is 0 Å². The highest BCUT2D eigenvalue weighted by atomic mass is 79.9. The summed E-state index contributed by atoms with van der Waals surface area (Å²) in [5.41, 5.74) is -7.99. The third-order valence-electron chi connectivity index (χ3n) is 8.35. The molecule has 7 aromatic carbocycles. The molecule has 0 saturated carbocycles. The summed E-state index contributed by atoms with van der Waals surface area (Å²) in [5, 5.41) is 20.3. The van der Waals surface area contributed by atoms with Crippen molar-refractivity contribution >= 4 is 81.3 Å². The lowest BCUT2D eigenvalue weighted by atomic mass is 10.0. The summed E-state index contributed by atoms with van der Waals surface area (Å²) < 4.78 is 218. The SMILES string of the molecule is [2H]c1c([2H])c([2H])c2c(c1[2H])c1c([2H])c([2H])c([2H])c([2H])c1n2-c1c(Br)c(C#N)c(-n2c3c([2H])c([2H])c([2H])c([2H])c3c3c([2H])c([2H])c([2H])c([2H])c32)c(-n2c3c([2H])c([2H])c([2H])c([2H])c3c3c([2H])c([2H])c([2H])c([2H])c32)c1C#N. The Labute approximate surface area is 328 Å². The fourth-order valence-corrected chi connectivity index (χ4v) is 7.12. The molecule has 5 nitrogen and oxygen atoms in total. The van der Waals surface area contributed by atoms with E-state index < -0.39 is 243 Å². The van der Waals surface area contributed by atoms with Crippen molar-refractivity contribution in [2.45, 2.75) is 0 Å². The molecule has 50 heavy (non-hydrogen) atoms. The van der Waals surface area contributed by atoms with E-state index in [1.165, 1.54) is 0 Å². The second-order valence-electron chi connectivity index (χ2n) is 10.7. The maximum atomic E-state index is 11.9. The number of hydrogen-bond donors (Lipinski definition) is 0. The molecule has 3 aromatic heterocycles. The largest absolute Gasteiger partial charge is 0.307 e. The van der Waals surface area contributed by atoms with Gasteiger partial charge in [-0.25, -0.2) is 0 Å². The molecular weight excluding hydrogens is 678 g/mol. The molecule has 0 aliphatic carbocycles. The molecule has 0 bridgehead atoms. The summed E-state index contributed by atoms with van der Waals surface area (Å²) >= 11 is 3.41. The van der Waals surface area contributed by atoms with Crippen molar-refractivity contribution < 1.29 is 32.9 Å². The van der Waals surface area contributed by atoms with Gasteiger partial charge in [0.2, 0.25) is 0 Å². The zero-order valence-electron chi connectivity index (χ0n) is 48.6. The predicted molar refractivity (Wildman–Crippen MR) is 207 cm³/mol. The Morgan fingerprint density at radius 1 is 0.380 bits per heavy atom. The Balaban J connectivity index is 1.68. The Kier molecular flexibility index (Phi) is 2.86. The van der Waals surface area contributed by atoms with Crippen molar-refractivity contribution in [3.63, 3.8) is 0 Å². The minimum atomic E-state index is -0.964. The van der Waals surface area contributed by atoms with Gasteiger partial charge in [0.25, 0.3) is 0 Å². The first-order chi connectivity index (χ1) is 34.7. The van der Waals surface area contributed by atoms with Gasteiger partial charge in [0.05, 0.1) is 93.1 Å². The molecule has 0 fully saturated rings. The van der Waals surface area contributed by atoms with E-state index in [0.717, 1.165) is 13.7 Å². The summed E-state index contributed by atoms with van der Waals surface area (Å²) in [7, 11) is 0. The monoisotopic (exact) mass is 725 g/mol. The molecule has 3 heterocycles. The fraction of sp³-hybridized carbons (Fsp3) is 0. The lowest BCUT2D eigenvalue weighted by Gasteiger charge is -2.24. The van der Waals surface area contributed by atoms with E-state index >= 15 is 0 Å². The molecule has 6 heteroatoms. The topological polar surface area (TPSA) is 62.4 Å². The van der Waals surface area contributed by atoms with E-state index in [9.17, 15) is 21.5 Å².